The maximum atomic E-state index is 12.5. The topological polar surface area (TPSA) is 95.8 Å². The lowest BCUT2D eigenvalue weighted by molar-refractivity contribution is -0.139. The van der Waals surface area contributed by atoms with Crippen LogP contribution in [0.2, 0.25) is 0 Å². The van der Waals surface area contributed by atoms with Crippen molar-refractivity contribution in [3.63, 3.8) is 0 Å². The number of thiophene rings is 1. The molecule has 0 aromatic carbocycles. The Morgan fingerprint density at radius 2 is 1.83 bits per heavy atom. The Bertz CT molecular complexity index is 834. The van der Waals surface area contributed by atoms with Crippen molar-refractivity contribution >= 4 is 29.1 Å². The Labute approximate surface area is 173 Å². The first-order valence-electron chi connectivity index (χ1n) is 9.74. The number of aromatic nitrogens is 1. The first kappa shape index (κ1) is 21.0. The molecule has 0 aliphatic carbocycles. The van der Waals surface area contributed by atoms with Crippen LogP contribution in [0, 0.1) is 13.8 Å². The molecule has 29 heavy (non-hydrogen) atoms. The second-order valence-corrected chi connectivity index (χ2v) is 8.03. The molecule has 1 aliphatic heterocycles. The van der Waals surface area contributed by atoms with Crippen LogP contribution in [0.4, 0.5) is 0 Å². The van der Waals surface area contributed by atoms with Crippen molar-refractivity contribution in [2.24, 2.45) is 0 Å². The van der Waals surface area contributed by atoms with Crippen LogP contribution in [0.3, 0.4) is 0 Å². The Balaban J connectivity index is 1.36. The van der Waals surface area contributed by atoms with E-state index >= 15 is 0 Å². The predicted octanol–water partition coefficient (Wildman–Crippen LogP) is 1.78. The summed E-state index contributed by atoms with van der Waals surface area (Å²) in [5.74, 6) is 0.671. The van der Waals surface area contributed by atoms with E-state index in [9.17, 15) is 14.4 Å². The number of nitrogens with zero attached hydrogens (tertiary/aromatic N) is 3. The summed E-state index contributed by atoms with van der Waals surface area (Å²) in [5.41, 5.74) is 1.59. The van der Waals surface area contributed by atoms with Gasteiger partial charge in [-0.15, -0.1) is 11.3 Å². The lowest BCUT2D eigenvalue weighted by Gasteiger charge is -2.35. The standard InChI is InChI=1S/C20H26N4O4S/c1-14-16(15(2)28-22-14)13-19(26)24-10-8-23(9-11-24)18(25)6-3-7-21-20(27)17-5-4-12-29-17/h4-5,12H,3,6-11,13H2,1-2H3,(H,21,27). The average molecular weight is 419 g/mol. The van der Waals surface area contributed by atoms with Gasteiger partial charge >= 0.3 is 0 Å². The van der Waals surface area contributed by atoms with Crippen molar-refractivity contribution in [1.29, 1.82) is 0 Å². The van der Waals surface area contributed by atoms with Gasteiger partial charge in [0.05, 0.1) is 17.0 Å². The van der Waals surface area contributed by atoms with Gasteiger partial charge in [0, 0.05) is 44.7 Å². The lowest BCUT2D eigenvalue weighted by Crippen LogP contribution is -2.51. The fourth-order valence-corrected chi connectivity index (χ4v) is 3.96. The maximum Gasteiger partial charge on any atom is 0.261 e. The number of hydrogen-bond donors (Lipinski definition) is 1. The van der Waals surface area contributed by atoms with Crippen LogP contribution in [0.1, 0.15) is 39.5 Å². The van der Waals surface area contributed by atoms with Crippen LogP contribution in [0.15, 0.2) is 22.0 Å². The number of carbonyl (C=O) groups excluding carboxylic acids is 3. The largest absolute Gasteiger partial charge is 0.361 e. The summed E-state index contributed by atoms with van der Waals surface area (Å²) in [6.07, 6.45) is 1.26. The highest BCUT2D eigenvalue weighted by Gasteiger charge is 2.25. The van der Waals surface area contributed by atoms with E-state index in [4.69, 9.17) is 4.52 Å². The third-order valence-corrected chi connectivity index (χ3v) is 5.96. The minimum Gasteiger partial charge on any atom is -0.361 e. The van der Waals surface area contributed by atoms with Gasteiger partial charge in [-0.1, -0.05) is 11.2 Å². The predicted molar refractivity (Wildman–Crippen MR) is 109 cm³/mol. The molecule has 0 saturated carbocycles. The van der Waals surface area contributed by atoms with Gasteiger partial charge < -0.3 is 19.6 Å². The fraction of sp³-hybridized carbons (Fsp3) is 0.500. The van der Waals surface area contributed by atoms with E-state index in [-0.39, 0.29) is 24.1 Å². The molecule has 1 N–H and O–H groups in total. The first-order chi connectivity index (χ1) is 14.0. The molecule has 0 radical (unpaired) electrons. The summed E-state index contributed by atoms with van der Waals surface area (Å²) in [4.78, 5) is 41.0. The third kappa shape index (κ3) is 5.44. The first-order valence-corrected chi connectivity index (χ1v) is 10.6. The van der Waals surface area contributed by atoms with Gasteiger partial charge in [0.15, 0.2) is 0 Å². The number of amides is 3. The molecule has 0 atom stereocenters. The summed E-state index contributed by atoms with van der Waals surface area (Å²) < 4.78 is 5.12. The Hall–Kier alpha value is -2.68. The fourth-order valence-electron chi connectivity index (χ4n) is 3.32. The normalized spacial score (nSPS) is 14.1. The van der Waals surface area contributed by atoms with E-state index in [1.165, 1.54) is 11.3 Å². The summed E-state index contributed by atoms with van der Waals surface area (Å²) in [6.45, 7) is 6.24. The molecular formula is C20H26N4O4S. The summed E-state index contributed by atoms with van der Waals surface area (Å²) >= 11 is 1.39. The van der Waals surface area contributed by atoms with Gasteiger partial charge in [-0.3, -0.25) is 14.4 Å². The zero-order valence-electron chi connectivity index (χ0n) is 16.8. The lowest BCUT2D eigenvalue weighted by atomic mass is 10.1. The van der Waals surface area contributed by atoms with Crippen LogP contribution in [0.25, 0.3) is 0 Å². The van der Waals surface area contributed by atoms with E-state index in [2.05, 4.69) is 10.5 Å². The van der Waals surface area contributed by atoms with Crippen molar-refractivity contribution in [3.8, 4) is 0 Å². The van der Waals surface area contributed by atoms with Gasteiger partial charge in [0.1, 0.15) is 5.76 Å². The van der Waals surface area contributed by atoms with E-state index in [0.717, 1.165) is 11.3 Å². The molecule has 2 aromatic rings. The molecule has 2 aromatic heterocycles. The highest BCUT2D eigenvalue weighted by molar-refractivity contribution is 7.12. The molecule has 156 valence electrons. The summed E-state index contributed by atoms with van der Waals surface area (Å²) in [6, 6.07) is 3.61. The zero-order valence-corrected chi connectivity index (χ0v) is 17.6. The molecule has 8 nitrogen and oxygen atoms in total. The van der Waals surface area contributed by atoms with E-state index < -0.39 is 0 Å². The number of piperazine rings is 1. The second kappa shape index (κ2) is 9.69. The maximum absolute atomic E-state index is 12.5. The van der Waals surface area contributed by atoms with Crippen molar-refractivity contribution < 1.29 is 18.9 Å². The van der Waals surface area contributed by atoms with Crippen LogP contribution in [-0.2, 0) is 16.0 Å². The van der Waals surface area contributed by atoms with Crippen molar-refractivity contribution in [3.05, 3.63) is 39.4 Å². The molecule has 0 unspecified atom stereocenters. The zero-order chi connectivity index (χ0) is 20.8. The van der Waals surface area contributed by atoms with E-state index in [1.807, 2.05) is 25.3 Å². The summed E-state index contributed by atoms with van der Waals surface area (Å²) in [7, 11) is 0. The number of aryl methyl sites for hydroxylation is 2. The van der Waals surface area contributed by atoms with Gasteiger partial charge in [0.2, 0.25) is 11.8 Å². The SMILES string of the molecule is Cc1noc(C)c1CC(=O)N1CCN(C(=O)CCCNC(=O)c2cccs2)CC1. The molecule has 0 spiro atoms. The number of carbonyl (C=O) groups is 3. The second-order valence-electron chi connectivity index (χ2n) is 7.08. The van der Waals surface area contributed by atoms with Crippen molar-refractivity contribution in [1.82, 2.24) is 20.3 Å². The molecule has 9 heteroatoms. The Kier molecular flexibility index (Phi) is 7.03. The molecule has 1 aliphatic rings. The monoisotopic (exact) mass is 418 g/mol. The van der Waals surface area contributed by atoms with Crippen LogP contribution in [0.5, 0.6) is 0 Å². The molecule has 1 saturated heterocycles. The number of rotatable bonds is 7. The Morgan fingerprint density at radius 3 is 2.41 bits per heavy atom. The van der Waals surface area contributed by atoms with Crippen LogP contribution >= 0.6 is 11.3 Å². The smallest absolute Gasteiger partial charge is 0.261 e. The minimum atomic E-state index is -0.0992. The highest BCUT2D eigenvalue weighted by atomic mass is 32.1. The molecule has 3 amide bonds. The van der Waals surface area contributed by atoms with E-state index in [0.29, 0.717) is 56.2 Å². The number of nitrogens with one attached hydrogen (secondary N) is 1. The van der Waals surface area contributed by atoms with Gasteiger partial charge in [-0.2, -0.15) is 0 Å². The van der Waals surface area contributed by atoms with Crippen LogP contribution < -0.4 is 5.32 Å². The van der Waals surface area contributed by atoms with Crippen molar-refractivity contribution in [2.45, 2.75) is 33.1 Å². The van der Waals surface area contributed by atoms with E-state index in [1.54, 1.807) is 15.9 Å². The Morgan fingerprint density at radius 1 is 1.14 bits per heavy atom. The van der Waals surface area contributed by atoms with Crippen molar-refractivity contribution in [2.75, 3.05) is 32.7 Å². The third-order valence-electron chi connectivity index (χ3n) is 5.09. The minimum absolute atomic E-state index is 0.0304. The molecular weight excluding hydrogens is 392 g/mol. The van der Waals surface area contributed by atoms with Gasteiger partial charge in [0.25, 0.3) is 5.91 Å². The molecule has 3 rings (SSSR count). The molecule has 3 heterocycles. The van der Waals surface area contributed by atoms with Gasteiger partial charge in [-0.05, 0) is 31.7 Å². The quantitative estimate of drug-likeness (QED) is 0.692. The van der Waals surface area contributed by atoms with Gasteiger partial charge in [-0.25, -0.2) is 0 Å². The summed E-state index contributed by atoms with van der Waals surface area (Å²) in [5, 5.41) is 8.57. The highest BCUT2D eigenvalue weighted by Crippen LogP contribution is 2.15. The number of hydrogen-bond acceptors (Lipinski definition) is 6. The molecule has 0 bridgehead atoms. The molecule has 1 fully saturated rings. The van der Waals surface area contributed by atoms with Crippen LogP contribution in [-0.4, -0.2) is 65.4 Å². The average Bonchev–Trinajstić information content (AvgIpc) is 3.37.